The Morgan fingerprint density at radius 1 is 1.42 bits per heavy atom. The molecule has 6 heteroatoms. The molecule has 0 aliphatic carbocycles. The van der Waals surface area contributed by atoms with Gasteiger partial charge in [0.1, 0.15) is 0 Å². The number of benzene rings is 1. The second-order valence-electron chi connectivity index (χ2n) is 4.61. The quantitative estimate of drug-likeness (QED) is 0.831. The van der Waals surface area contributed by atoms with Crippen molar-refractivity contribution in [3.05, 3.63) is 23.8 Å². The summed E-state index contributed by atoms with van der Waals surface area (Å²) in [7, 11) is 1.69. The van der Waals surface area contributed by atoms with Crippen LogP contribution in [0.4, 0.5) is 5.69 Å². The third kappa shape index (κ3) is 2.73. The molecule has 1 unspecified atom stereocenters. The molecule has 0 amide bonds. The summed E-state index contributed by atoms with van der Waals surface area (Å²) in [6, 6.07) is 6.03. The molecule has 0 aliphatic heterocycles. The molecule has 102 valence electrons. The molecule has 0 saturated heterocycles. The van der Waals surface area contributed by atoms with Crippen LogP contribution in [0.5, 0.6) is 0 Å². The van der Waals surface area contributed by atoms with E-state index >= 15 is 0 Å². The lowest BCUT2D eigenvalue weighted by molar-refractivity contribution is 0.178. The summed E-state index contributed by atoms with van der Waals surface area (Å²) in [6.07, 6.45) is 0.847. The summed E-state index contributed by atoms with van der Waals surface area (Å²) >= 11 is 0. The molecule has 0 saturated carbocycles. The van der Waals surface area contributed by atoms with Crippen LogP contribution >= 0.6 is 0 Å². The maximum absolute atomic E-state index is 6.11. The topological polar surface area (TPSA) is 78.8 Å². The van der Waals surface area contributed by atoms with Crippen molar-refractivity contribution in [3.8, 4) is 11.4 Å². The molecule has 2 rings (SSSR count). The normalized spacial score (nSPS) is 12.6. The summed E-state index contributed by atoms with van der Waals surface area (Å²) < 4.78 is 6.89. The number of rotatable bonds is 5. The van der Waals surface area contributed by atoms with Gasteiger partial charge in [-0.1, -0.05) is 12.1 Å². The molecule has 0 spiro atoms. The Labute approximate surface area is 112 Å². The van der Waals surface area contributed by atoms with E-state index in [0.29, 0.717) is 12.4 Å². The minimum absolute atomic E-state index is 0.157. The highest BCUT2D eigenvalue weighted by molar-refractivity contribution is 5.73. The minimum atomic E-state index is 0.157. The van der Waals surface area contributed by atoms with Crippen molar-refractivity contribution in [2.45, 2.75) is 26.3 Å². The van der Waals surface area contributed by atoms with Crippen LogP contribution in [-0.4, -0.2) is 33.9 Å². The van der Waals surface area contributed by atoms with Crippen LogP contribution in [0.1, 0.15) is 24.9 Å². The fourth-order valence-electron chi connectivity index (χ4n) is 1.95. The molecule has 0 fully saturated rings. The molecule has 2 aromatic rings. The summed E-state index contributed by atoms with van der Waals surface area (Å²) in [6.45, 7) is 4.70. The Kier molecular flexibility index (Phi) is 4.11. The third-order valence-corrected chi connectivity index (χ3v) is 3.22. The average Bonchev–Trinajstić information content (AvgIpc) is 2.88. The van der Waals surface area contributed by atoms with Crippen LogP contribution in [0.3, 0.4) is 0 Å². The van der Waals surface area contributed by atoms with Gasteiger partial charge in [-0.3, -0.25) is 0 Å². The van der Waals surface area contributed by atoms with Crippen molar-refractivity contribution >= 4 is 5.69 Å². The lowest BCUT2D eigenvalue weighted by atomic mass is 10.1. The van der Waals surface area contributed by atoms with Crippen molar-refractivity contribution in [2.75, 3.05) is 19.5 Å². The first-order valence-corrected chi connectivity index (χ1v) is 6.27. The fourth-order valence-corrected chi connectivity index (χ4v) is 1.95. The Morgan fingerprint density at radius 2 is 2.21 bits per heavy atom. The van der Waals surface area contributed by atoms with E-state index in [9.17, 15) is 0 Å². The number of anilines is 1. The highest BCUT2D eigenvalue weighted by atomic mass is 16.5. The van der Waals surface area contributed by atoms with Crippen LogP contribution in [0.15, 0.2) is 18.2 Å². The van der Waals surface area contributed by atoms with E-state index in [1.807, 2.05) is 25.1 Å². The first kappa shape index (κ1) is 13.5. The van der Waals surface area contributed by atoms with Crippen molar-refractivity contribution in [2.24, 2.45) is 0 Å². The van der Waals surface area contributed by atoms with Gasteiger partial charge in [0.25, 0.3) is 0 Å². The number of hydrogen-bond acceptors (Lipinski definition) is 5. The van der Waals surface area contributed by atoms with Gasteiger partial charge < -0.3 is 10.5 Å². The molecule has 2 N–H and O–H groups in total. The van der Waals surface area contributed by atoms with E-state index in [0.717, 1.165) is 23.2 Å². The highest BCUT2D eigenvalue weighted by Gasteiger charge is 2.16. The number of hydrogen-bond donors (Lipinski definition) is 1. The Bertz CT molecular complexity index is 552. The van der Waals surface area contributed by atoms with E-state index in [-0.39, 0.29) is 6.04 Å². The van der Waals surface area contributed by atoms with Crippen LogP contribution in [0, 0.1) is 6.92 Å². The van der Waals surface area contributed by atoms with Gasteiger partial charge in [-0.05, 0) is 42.3 Å². The van der Waals surface area contributed by atoms with Gasteiger partial charge in [0, 0.05) is 25.0 Å². The summed E-state index contributed by atoms with van der Waals surface area (Å²) in [4.78, 5) is 0. The predicted molar refractivity (Wildman–Crippen MR) is 73.6 cm³/mol. The van der Waals surface area contributed by atoms with Crippen LogP contribution in [0.2, 0.25) is 0 Å². The molecular weight excluding hydrogens is 242 g/mol. The zero-order valence-corrected chi connectivity index (χ0v) is 11.5. The maximum atomic E-state index is 6.11. The zero-order valence-electron chi connectivity index (χ0n) is 11.5. The van der Waals surface area contributed by atoms with Crippen LogP contribution in [-0.2, 0) is 4.74 Å². The Hall–Kier alpha value is -1.95. The lowest BCUT2D eigenvalue weighted by Gasteiger charge is -2.14. The van der Waals surface area contributed by atoms with Gasteiger partial charge in [-0.2, -0.15) is 0 Å². The highest BCUT2D eigenvalue weighted by Crippen LogP contribution is 2.28. The first-order chi connectivity index (χ1) is 9.15. The molecule has 1 aromatic heterocycles. The fraction of sp³-hybridized carbons (Fsp3) is 0.462. The van der Waals surface area contributed by atoms with Crippen molar-refractivity contribution in [3.63, 3.8) is 0 Å². The number of ether oxygens (including phenoxy) is 1. The van der Waals surface area contributed by atoms with Gasteiger partial charge in [0.15, 0.2) is 5.82 Å². The van der Waals surface area contributed by atoms with Gasteiger partial charge >= 0.3 is 0 Å². The number of para-hydroxylation sites is 1. The number of nitrogens with zero attached hydrogens (tertiary/aromatic N) is 4. The van der Waals surface area contributed by atoms with Crippen molar-refractivity contribution in [1.29, 1.82) is 0 Å². The van der Waals surface area contributed by atoms with Crippen molar-refractivity contribution < 1.29 is 4.74 Å². The van der Waals surface area contributed by atoms with E-state index in [1.54, 1.807) is 11.8 Å². The second-order valence-corrected chi connectivity index (χ2v) is 4.61. The molecule has 6 nitrogen and oxygen atoms in total. The van der Waals surface area contributed by atoms with E-state index in [2.05, 4.69) is 22.4 Å². The summed E-state index contributed by atoms with van der Waals surface area (Å²) in [5.74, 6) is 0.699. The molecule has 0 radical (unpaired) electrons. The van der Waals surface area contributed by atoms with Gasteiger partial charge in [0.05, 0.1) is 6.04 Å². The minimum Gasteiger partial charge on any atom is -0.398 e. The molecule has 1 aromatic carbocycles. The van der Waals surface area contributed by atoms with Crippen LogP contribution in [0.25, 0.3) is 11.4 Å². The summed E-state index contributed by atoms with van der Waals surface area (Å²) in [5.41, 5.74) is 8.72. The van der Waals surface area contributed by atoms with Gasteiger partial charge in [0.2, 0.25) is 0 Å². The zero-order chi connectivity index (χ0) is 13.8. The number of aromatic nitrogens is 4. The Morgan fingerprint density at radius 3 is 2.95 bits per heavy atom. The smallest absolute Gasteiger partial charge is 0.184 e. The second kappa shape index (κ2) is 5.79. The predicted octanol–water partition coefficient (Wildman–Crippen LogP) is 1.83. The monoisotopic (exact) mass is 261 g/mol. The number of nitrogens with two attached hydrogens (primary N) is 1. The van der Waals surface area contributed by atoms with E-state index in [1.165, 1.54) is 0 Å². The molecule has 0 aliphatic rings. The number of aryl methyl sites for hydroxylation is 1. The van der Waals surface area contributed by atoms with Crippen LogP contribution < -0.4 is 5.73 Å². The van der Waals surface area contributed by atoms with E-state index < -0.39 is 0 Å². The molecule has 0 bridgehead atoms. The maximum Gasteiger partial charge on any atom is 0.184 e. The van der Waals surface area contributed by atoms with Gasteiger partial charge in [-0.25, -0.2) is 4.68 Å². The first-order valence-electron chi connectivity index (χ1n) is 6.27. The largest absolute Gasteiger partial charge is 0.398 e. The average molecular weight is 261 g/mol. The number of nitrogen functional groups attached to an aromatic ring is 1. The van der Waals surface area contributed by atoms with Gasteiger partial charge in [-0.15, -0.1) is 5.10 Å². The molecule has 1 atom stereocenters. The van der Waals surface area contributed by atoms with Crippen molar-refractivity contribution in [1.82, 2.24) is 20.2 Å². The number of tetrazole rings is 1. The Balaban J connectivity index is 2.36. The molecule has 1 heterocycles. The molecular formula is C13H19N5O. The standard InChI is InChI=1S/C13H19N5O/c1-9-5-4-6-11(12(9)14)13-15-16-17-18(13)10(2)7-8-19-3/h4-6,10H,7-8,14H2,1-3H3. The molecule has 19 heavy (non-hydrogen) atoms. The number of methoxy groups -OCH3 is 1. The third-order valence-electron chi connectivity index (χ3n) is 3.22. The SMILES string of the molecule is COCCC(C)n1nnnc1-c1cccc(C)c1N. The van der Waals surface area contributed by atoms with E-state index in [4.69, 9.17) is 10.5 Å². The summed E-state index contributed by atoms with van der Waals surface area (Å²) in [5, 5.41) is 11.9. The lowest BCUT2D eigenvalue weighted by Crippen LogP contribution is -2.12.